The number of nitrogens with one attached hydrogen (secondary N) is 1. The van der Waals surface area contributed by atoms with Crippen molar-refractivity contribution in [3.05, 3.63) is 0 Å². The SMILES string of the molecule is CCCC[C@H](NC(=O)N(CC(C)C)C(CC)CC)C(=O)O. The third-order valence-electron chi connectivity index (χ3n) is 3.65. The van der Waals surface area contributed by atoms with E-state index in [0.29, 0.717) is 18.9 Å². The van der Waals surface area contributed by atoms with Gasteiger partial charge in [-0.2, -0.15) is 0 Å². The molecule has 2 N–H and O–H groups in total. The van der Waals surface area contributed by atoms with Crippen molar-refractivity contribution < 1.29 is 14.7 Å². The molecule has 0 aromatic rings. The molecule has 124 valence electrons. The topological polar surface area (TPSA) is 69.6 Å². The number of unbranched alkanes of at least 4 members (excludes halogenated alkanes) is 1. The molecule has 0 spiro atoms. The molecule has 0 aromatic heterocycles. The Kier molecular flexibility index (Phi) is 9.84. The molecule has 2 amide bonds. The Morgan fingerprint density at radius 2 is 1.71 bits per heavy atom. The van der Waals surface area contributed by atoms with E-state index in [4.69, 9.17) is 0 Å². The van der Waals surface area contributed by atoms with E-state index < -0.39 is 12.0 Å². The predicted octanol–water partition coefficient (Wildman–Crippen LogP) is 3.49. The van der Waals surface area contributed by atoms with Gasteiger partial charge < -0.3 is 15.3 Å². The van der Waals surface area contributed by atoms with Crippen LogP contribution in [0.3, 0.4) is 0 Å². The quantitative estimate of drug-likeness (QED) is 0.649. The fraction of sp³-hybridized carbons (Fsp3) is 0.875. The van der Waals surface area contributed by atoms with Gasteiger partial charge in [-0.1, -0.05) is 47.5 Å². The van der Waals surface area contributed by atoms with Crippen LogP contribution < -0.4 is 5.32 Å². The summed E-state index contributed by atoms with van der Waals surface area (Å²) in [6.45, 7) is 10.9. The fourth-order valence-corrected chi connectivity index (χ4v) is 2.42. The Labute approximate surface area is 129 Å². The molecule has 5 heteroatoms. The first-order chi connectivity index (χ1) is 9.87. The lowest BCUT2D eigenvalue weighted by Gasteiger charge is -2.33. The lowest BCUT2D eigenvalue weighted by atomic mass is 10.1. The van der Waals surface area contributed by atoms with Crippen LogP contribution >= 0.6 is 0 Å². The van der Waals surface area contributed by atoms with Gasteiger partial charge in [0.1, 0.15) is 6.04 Å². The number of carboxylic acids is 1. The van der Waals surface area contributed by atoms with Crippen molar-refractivity contribution in [2.24, 2.45) is 5.92 Å². The molecule has 0 saturated carbocycles. The van der Waals surface area contributed by atoms with Gasteiger partial charge in [-0.05, 0) is 25.2 Å². The highest BCUT2D eigenvalue weighted by Gasteiger charge is 2.26. The molecule has 1 atom stereocenters. The highest BCUT2D eigenvalue weighted by molar-refractivity contribution is 5.82. The third kappa shape index (κ3) is 7.34. The van der Waals surface area contributed by atoms with Gasteiger partial charge in [0.15, 0.2) is 0 Å². The van der Waals surface area contributed by atoms with E-state index in [1.165, 1.54) is 0 Å². The van der Waals surface area contributed by atoms with Gasteiger partial charge in [-0.25, -0.2) is 9.59 Å². The van der Waals surface area contributed by atoms with Crippen LogP contribution in [0.5, 0.6) is 0 Å². The molecule has 0 aliphatic rings. The summed E-state index contributed by atoms with van der Waals surface area (Å²) in [5, 5.41) is 11.9. The Morgan fingerprint density at radius 1 is 1.14 bits per heavy atom. The van der Waals surface area contributed by atoms with Crippen LogP contribution in [-0.4, -0.2) is 40.6 Å². The molecule has 0 bridgehead atoms. The number of urea groups is 1. The van der Waals surface area contributed by atoms with E-state index in [9.17, 15) is 14.7 Å². The maximum atomic E-state index is 12.5. The van der Waals surface area contributed by atoms with E-state index in [0.717, 1.165) is 25.7 Å². The monoisotopic (exact) mass is 300 g/mol. The molecule has 0 heterocycles. The molecule has 0 saturated heterocycles. The van der Waals surface area contributed by atoms with E-state index in [2.05, 4.69) is 33.0 Å². The van der Waals surface area contributed by atoms with E-state index >= 15 is 0 Å². The highest BCUT2D eigenvalue weighted by Crippen LogP contribution is 2.13. The number of carbonyl (C=O) groups excluding carboxylic acids is 1. The molecule has 21 heavy (non-hydrogen) atoms. The largest absolute Gasteiger partial charge is 0.480 e. The Balaban J connectivity index is 4.87. The van der Waals surface area contributed by atoms with Gasteiger partial charge in [0.25, 0.3) is 0 Å². The zero-order valence-electron chi connectivity index (χ0n) is 14.2. The van der Waals surface area contributed by atoms with Crippen LogP contribution in [0.4, 0.5) is 4.79 Å². The van der Waals surface area contributed by atoms with Crippen LogP contribution in [0.15, 0.2) is 0 Å². The van der Waals surface area contributed by atoms with Crippen molar-refractivity contribution in [3.63, 3.8) is 0 Å². The van der Waals surface area contributed by atoms with Gasteiger partial charge in [0, 0.05) is 12.6 Å². The van der Waals surface area contributed by atoms with Gasteiger partial charge in [-0.15, -0.1) is 0 Å². The van der Waals surface area contributed by atoms with E-state index in [1.54, 1.807) is 4.90 Å². The molecular formula is C16H32N2O3. The Hall–Kier alpha value is -1.26. The van der Waals surface area contributed by atoms with Crippen LogP contribution in [0.25, 0.3) is 0 Å². The van der Waals surface area contributed by atoms with Crippen molar-refractivity contribution in [1.29, 1.82) is 0 Å². The minimum absolute atomic E-state index is 0.160. The maximum Gasteiger partial charge on any atom is 0.326 e. The summed E-state index contributed by atoms with van der Waals surface area (Å²) in [6.07, 6.45) is 3.96. The Bertz CT molecular complexity index is 315. The second-order valence-corrected chi connectivity index (χ2v) is 6.00. The summed E-state index contributed by atoms with van der Waals surface area (Å²) >= 11 is 0. The van der Waals surface area contributed by atoms with Crippen molar-refractivity contribution in [3.8, 4) is 0 Å². The first kappa shape index (κ1) is 19.7. The molecule has 0 rings (SSSR count). The van der Waals surface area contributed by atoms with E-state index in [1.807, 2.05) is 6.92 Å². The van der Waals surface area contributed by atoms with Gasteiger partial charge in [0.05, 0.1) is 0 Å². The first-order valence-corrected chi connectivity index (χ1v) is 8.17. The summed E-state index contributed by atoms with van der Waals surface area (Å²) < 4.78 is 0. The molecule has 0 fully saturated rings. The predicted molar refractivity (Wildman–Crippen MR) is 85.4 cm³/mol. The van der Waals surface area contributed by atoms with Crippen LogP contribution in [-0.2, 0) is 4.79 Å². The molecule has 0 aromatic carbocycles. The number of aliphatic carboxylic acids is 1. The van der Waals surface area contributed by atoms with Gasteiger partial charge in [0.2, 0.25) is 0 Å². The standard InChI is InChI=1S/C16H32N2O3/c1-6-9-10-14(15(19)20)17-16(21)18(11-12(4)5)13(7-2)8-3/h12-14H,6-11H2,1-5H3,(H,17,21)(H,19,20)/t14-/m0/s1. The zero-order chi connectivity index (χ0) is 16.4. The fourth-order valence-electron chi connectivity index (χ4n) is 2.42. The molecule has 0 radical (unpaired) electrons. The summed E-state index contributed by atoms with van der Waals surface area (Å²) in [4.78, 5) is 25.5. The zero-order valence-corrected chi connectivity index (χ0v) is 14.2. The smallest absolute Gasteiger partial charge is 0.326 e. The van der Waals surface area contributed by atoms with Crippen molar-refractivity contribution >= 4 is 12.0 Å². The van der Waals surface area contributed by atoms with Crippen molar-refractivity contribution in [2.75, 3.05) is 6.54 Å². The number of hydrogen-bond acceptors (Lipinski definition) is 2. The highest BCUT2D eigenvalue weighted by atomic mass is 16.4. The number of rotatable bonds is 10. The number of amides is 2. The number of carboxylic acid groups (broad SMARTS) is 1. The summed E-state index contributed by atoms with van der Waals surface area (Å²) in [6, 6.07) is -0.879. The second-order valence-electron chi connectivity index (χ2n) is 6.00. The molecular weight excluding hydrogens is 268 g/mol. The summed E-state index contributed by atoms with van der Waals surface area (Å²) in [5.41, 5.74) is 0. The second kappa shape index (κ2) is 10.5. The van der Waals surface area contributed by atoms with Crippen molar-refractivity contribution in [1.82, 2.24) is 10.2 Å². The molecule has 0 aliphatic heterocycles. The number of carbonyl (C=O) groups is 2. The minimum atomic E-state index is -0.953. The first-order valence-electron chi connectivity index (χ1n) is 8.17. The average molecular weight is 300 g/mol. The lowest BCUT2D eigenvalue weighted by molar-refractivity contribution is -0.139. The van der Waals surface area contributed by atoms with Crippen LogP contribution in [0.1, 0.15) is 66.7 Å². The Morgan fingerprint density at radius 3 is 2.10 bits per heavy atom. The normalized spacial score (nSPS) is 12.5. The van der Waals surface area contributed by atoms with Crippen LogP contribution in [0, 0.1) is 5.92 Å². The average Bonchev–Trinajstić information content (AvgIpc) is 2.42. The third-order valence-corrected chi connectivity index (χ3v) is 3.65. The maximum absolute atomic E-state index is 12.5. The number of nitrogens with zero attached hydrogens (tertiary/aromatic N) is 1. The summed E-state index contributed by atoms with van der Waals surface area (Å²) in [5.74, 6) is -0.596. The van der Waals surface area contributed by atoms with Crippen molar-refractivity contribution in [2.45, 2.75) is 78.8 Å². The van der Waals surface area contributed by atoms with Gasteiger partial charge >= 0.3 is 12.0 Å². The molecule has 0 aliphatic carbocycles. The molecule has 5 nitrogen and oxygen atoms in total. The lowest BCUT2D eigenvalue weighted by Crippen LogP contribution is -2.52. The molecule has 0 unspecified atom stereocenters. The van der Waals surface area contributed by atoms with Crippen LogP contribution in [0.2, 0.25) is 0 Å². The number of hydrogen-bond donors (Lipinski definition) is 2. The van der Waals surface area contributed by atoms with Gasteiger partial charge in [-0.3, -0.25) is 0 Å². The van der Waals surface area contributed by atoms with E-state index in [-0.39, 0.29) is 12.1 Å². The summed E-state index contributed by atoms with van der Waals surface area (Å²) in [7, 11) is 0. The minimum Gasteiger partial charge on any atom is -0.480 e.